The molecule has 0 aliphatic carbocycles. The van der Waals surface area contributed by atoms with Gasteiger partial charge in [-0.3, -0.25) is 4.98 Å². The molecule has 3 nitrogen and oxygen atoms in total. The topological polar surface area (TPSA) is 48.7 Å². The Kier molecular flexibility index (Phi) is 4.22. The fourth-order valence-corrected chi connectivity index (χ4v) is 1.78. The quantitative estimate of drug-likeness (QED) is 0.913. The molecule has 0 unspecified atom stereocenters. The number of nitrogens with zero attached hydrogens (tertiary/aromatic N) is 2. The van der Waals surface area contributed by atoms with Crippen molar-refractivity contribution in [1.82, 2.24) is 10.3 Å². The molecule has 2 aromatic rings. The predicted molar refractivity (Wildman–Crippen MR) is 70.6 cm³/mol. The second-order valence-corrected chi connectivity index (χ2v) is 4.28. The van der Waals surface area contributed by atoms with Gasteiger partial charge in [-0.2, -0.15) is 5.26 Å². The zero-order valence-electron chi connectivity index (χ0n) is 10.6. The molecule has 0 fully saturated rings. The smallest absolute Gasteiger partial charge is 0.127 e. The lowest BCUT2D eigenvalue weighted by molar-refractivity contribution is 0.536. The Morgan fingerprint density at radius 3 is 2.89 bits per heavy atom. The van der Waals surface area contributed by atoms with Gasteiger partial charge in [0.2, 0.25) is 0 Å². The van der Waals surface area contributed by atoms with E-state index in [-0.39, 0.29) is 11.9 Å². The van der Waals surface area contributed by atoms with Crippen molar-refractivity contribution in [3.63, 3.8) is 0 Å². The molecule has 1 atom stereocenters. The summed E-state index contributed by atoms with van der Waals surface area (Å²) in [7, 11) is 0. The van der Waals surface area contributed by atoms with Crippen molar-refractivity contribution in [2.24, 2.45) is 0 Å². The van der Waals surface area contributed by atoms with Gasteiger partial charge in [-0.05, 0) is 37.3 Å². The molecule has 1 N–H and O–H groups in total. The Hall–Kier alpha value is -2.25. The monoisotopic (exact) mass is 255 g/mol. The molecule has 0 bridgehead atoms. The zero-order chi connectivity index (χ0) is 13.7. The minimum absolute atomic E-state index is 0.0198. The molecule has 0 aliphatic heterocycles. The van der Waals surface area contributed by atoms with Crippen molar-refractivity contribution in [2.75, 3.05) is 0 Å². The third-order valence-electron chi connectivity index (χ3n) is 2.90. The number of aromatic nitrogens is 1. The predicted octanol–water partition coefficient (Wildman–Crippen LogP) is 2.94. The minimum Gasteiger partial charge on any atom is -0.305 e. The van der Waals surface area contributed by atoms with Gasteiger partial charge < -0.3 is 5.32 Å². The maximum absolute atomic E-state index is 13.6. The Bertz CT molecular complexity index is 590. The highest BCUT2D eigenvalue weighted by Gasteiger charge is 2.08. The minimum atomic E-state index is -0.306. The number of rotatable bonds is 4. The summed E-state index contributed by atoms with van der Waals surface area (Å²) in [5, 5.41) is 12.0. The molecule has 0 aliphatic rings. The Morgan fingerprint density at radius 1 is 1.37 bits per heavy atom. The second kappa shape index (κ2) is 6.07. The highest BCUT2D eigenvalue weighted by atomic mass is 19.1. The van der Waals surface area contributed by atoms with Crippen LogP contribution in [0.5, 0.6) is 0 Å². The van der Waals surface area contributed by atoms with Crippen LogP contribution in [0.2, 0.25) is 0 Å². The first-order valence-corrected chi connectivity index (χ1v) is 6.03. The number of nitrogens with one attached hydrogen (secondary N) is 1. The van der Waals surface area contributed by atoms with Crippen LogP contribution in [0.25, 0.3) is 0 Å². The van der Waals surface area contributed by atoms with E-state index >= 15 is 0 Å². The first kappa shape index (κ1) is 13.2. The molecule has 1 aromatic heterocycles. The zero-order valence-corrected chi connectivity index (χ0v) is 10.6. The van der Waals surface area contributed by atoms with Crippen molar-refractivity contribution in [3.8, 4) is 6.07 Å². The van der Waals surface area contributed by atoms with E-state index in [0.29, 0.717) is 17.7 Å². The van der Waals surface area contributed by atoms with Crippen molar-refractivity contribution in [3.05, 3.63) is 65.2 Å². The molecule has 0 radical (unpaired) electrons. The van der Waals surface area contributed by atoms with Gasteiger partial charge in [0.15, 0.2) is 0 Å². The van der Waals surface area contributed by atoms with E-state index < -0.39 is 0 Å². The van der Waals surface area contributed by atoms with Crippen LogP contribution in [-0.4, -0.2) is 4.98 Å². The maximum atomic E-state index is 13.6. The number of hydrogen-bond donors (Lipinski definition) is 1. The van der Waals surface area contributed by atoms with Gasteiger partial charge >= 0.3 is 0 Å². The first-order valence-electron chi connectivity index (χ1n) is 6.03. The Balaban J connectivity index is 2.05. The lowest BCUT2D eigenvalue weighted by atomic mass is 10.1. The fourth-order valence-electron chi connectivity index (χ4n) is 1.78. The van der Waals surface area contributed by atoms with Crippen LogP contribution in [-0.2, 0) is 6.54 Å². The molecular weight excluding hydrogens is 241 g/mol. The van der Waals surface area contributed by atoms with Crippen LogP contribution >= 0.6 is 0 Å². The van der Waals surface area contributed by atoms with Crippen LogP contribution in [0.4, 0.5) is 4.39 Å². The van der Waals surface area contributed by atoms with E-state index in [0.717, 1.165) is 5.69 Å². The largest absolute Gasteiger partial charge is 0.305 e. The molecule has 2 rings (SSSR count). The summed E-state index contributed by atoms with van der Waals surface area (Å²) in [6.07, 6.45) is 1.73. The van der Waals surface area contributed by atoms with Crippen molar-refractivity contribution in [1.29, 1.82) is 5.26 Å². The number of pyridine rings is 1. The van der Waals surface area contributed by atoms with Crippen molar-refractivity contribution in [2.45, 2.75) is 19.5 Å². The summed E-state index contributed by atoms with van der Waals surface area (Å²) in [5.74, 6) is -0.306. The first-order chi connectivity index (χ1) is 9.20. The maximum Gasteiger partial charge on any atom is 0.127 e. The van der Waals surface area contributed by atoms with E-state index in [1.165, 1.54) is 12.1 Å². The summed E-state index contributed by atoms with van der Waals surface area (Å²) < 4.78 is 13.6. The van der Waals surface area contributed by atoms with Crippen LogP contribution in [0.3, 0.4) is 0 Å². The highest BCUT2D eigenvalue weighted by Crippen LogP contribution is 2.13. The van der Waals surface area contributed by atoms with Crippen molar-refractivity contribution >= 4 is 0 Å². The standard InChI is InChI=1S/C15H14FN3/c1-11(15-4-2-3-7-18-15)19-10-13-8-12(9-17)5-6-14(13)16/h2-8,11,19H,10H2,1H3/t11-/m0/s1. The van der Waals surface area contributed by atoms with E-state index in [1.807, 2.05) is 31.2 Å². The number of nitriles is 1. The molecule has 0 saturated carbocycles. The van der Waals surface area contributed by atoms with Gasteiger partial charge in [0.25, 0.3) is 0 Å². The van der Waals surface area contributed by atoms with Crippen molar-refractivity contribution < 1.29 is 4.39 Å². The summed E-state index contributed by atoms with van der Waals surface area (Å²) >= 11 is 0. The Morgan fingerprint density at radius 2 is 2.21 bits per heavy atom. The fraction of sp³-hybridized carbons (Fsp3) is 0.200. The summed E-state index contributed by atoms with van der Waals surface area (Å²) in [6.45, 7) is 2.33. The molecule has 96 valence electrons. The SMILES string of the molecule is C[C@H](NCc1cc(C#N)ccc1F)c1ccccn1. The van der Waals surface area contributed by atoms with Crippen LogP contribution in [0.1, 0.15) is 29.8 Å². The lowest BCUT2D eigenvalue weighted by Crippen LogP contribution is -2.19. The van der Waals surface area contributed by atoms with E-state index in [2.05, 4.69) is 10.3 Å². The molecule has 1 aromatic carbocycles. The van der Waals surface area contributed by atoms with Gasteiger partial charge in [-0.25, -0.2) is 4.39 Å². The third-order valence-corrected chi connectivity index (χ3v) is 2.90. The summed E-state index contributed by atoms with van der Waals surface area (Å²) in [6, 6.07) is 12.1. The van der Waals surface area contributed by atoms with E-state index in [1.54, 1.807) is 12.3 Å². The van der Waals surface area contributed by atoms with Crippen LogP contribution in [0, 0.1) is 17.1 Å². The average molecular weight is 255 g/mol. The summed E-state index contributed by atoms with van der Waals surface area (Å²) in [4.78, 5) is 4.24. The van der Waals surface area contributed by atoms with Gasteiger partial charge in [0.1, 0.15) is 5.82 Å². The van der Waals surface area contributed by atoms with Crippen LogP contribution < -0.4 is 5.32 Å². The lowest BCUT2D eigenvalue weighted by Gasteiger charge is -2.13. The van der Waals surface area contributed by atoms with Gasteiger partial charge in [-0.15, -0.1) is 0 Å². The third kappa shape index (κ3) is 3.36. The van der Waals surface area contributed by atoms with Crippen LogP contribution in [0.15, 0.2) is 42.6 Å². The van der Waals surface area contributed by atoms with E-state index in [4.69, 9.17) is 5.26 Å². The van der Waals surface area contributed by atoms with Gasteiger partial charge in [-0.1, -0.05) is 6.07 Å². The molecular formula is C15H14FN3. The second-order valence-electron chi connectivity index (χ2n) is 4.28. The average Bonchev–Trinajstić information content (AvgIpc) is 2.47. The molecule has 4 heteroatoms. The van der Waals surface area contributed by atoms with Gasteiger partial charge in [0, 0.05) is 24.3 Å². The Labute approximate surface area is 111 Å². The highest BCUT2D eigenvalue weighted by molar-refractivity contribution is 5.33. The van der Waals surface area contributed by atoms with Gasteiger partial charge in [0.05, 0.1) is 17.3 Å². The number of benzene rings is 1. The molecule has 19 heavy (non-hydrogen) atoms. The molecule has 1 heterocycles. The molecule has 0 spiro atoms. The number of halogens is 1. The number of hydrogen-bond acceptors (Lipinski definition) is 3. The molecule has 0 saturated heterocycles. The van der Waals surface area contributed by atoms with E-state index in [9.17, 15) is 4.39 Å². The molecule has 0 amide bonds. The summed E-state index contributed by atoms with van der Waals surface area (Å²) in [5.41, 5.74) is 1.85. The normalized spacial score (nSPS) is 11.8.